The minimum atomic E-state index is -3.72. The van der Waals surface area contributed by atoms with E-state index in [1.54, 1.807) is 0 Å². The van der Waals surface area contributed by atoms with Crippen molar-refractivity contribution in [2.24, 2.45) is 0 Å². The molecule has 1 saturated heterocycles. The van der Waals surface area contributed by atoms with Crippen LogP contribution in [0.25, 0.3) is 0 Å². The van der Waals surface area contributed by atoms with Crippen LogP contribution in [-0.2, 0) is 16.4 Å². The SMILES string of the molecule is O=S(=O)(c1cccc(F)c1)N1CCN(CCc2ccc(F)cc2F)CC1. The monoisotopic (exact) mass is 384 g/mol. The third kappa shape index (κ3) is 4.25. The lowest BCUT2D eigenvalue weighted by Gasteiger charge is -2.34. The summed E-state index contributed by atoms with van der Waals surface area (Å²) in [5.41, 5.74) is 0.432. The van der Waals surface area contributed by atoms with Crippen LogP contribution in [0.3, 0.4) is 0 Å². The quantitative estimate of drug-likeness (QED) is 0.796. The molecule has 2 aromatic rings. The van der Waals surface area contributed by atoms with Crippen LogP contribution in [-0.4, -0.2) is 50.3 Å². The summed E-state index contributed by atoms with van der Waals surface area (Å²) in [5, 5.41) is 0. The molecule has 2 aromatic carbocycles. The Morgan fingerprint density at radius 2 is 1.58 bits per heavy atom. The lowest BCUT2D eigenvalue weighted by atomic mass is 10.1. The molecule has 1 aliphatic rings. The highest BCUT2D eigenvalue weighted by Gasteiger charge is 2.28. The van der Waals surface area contributed by atoms with Gasteiger partial charge in [0.15, 0.2) is 0 Å². The highest BCUT2D eigenvalue weighted by atomic mass is 32.2. The first-order valence-corrected chi connectivity index (χ1v) is 9.72. The van der Waals surface area contributed by atoms with Crippen molar-refractivity contribution in [1.82, 2.24) is 9.21 Å². The van der Waals surface area contributed by atoms with Gasteiger partial charge in [-0.25, -0.2) is 21.6 Å². The van der Waals surface area contributed by atoms with Gasteiger partial charge in [0.1, 0.15) is 17.5 Å². The third-order valence-corrected chi connectivity index (χ3v) is 6.37. The second kappa shape index (κ2) is 7.77. The van der Waals surface area contributed by atoms with Gasteiger partial charge in [0.25, 0.3) is 0 Å². The zero-order valence-electron chi connectivity index (χ0n) is 14.0. The maximum absolute atomic E-state index is 13.7. The minimum Gasteiger partial charge on any atom is -0.300 e. The molecule has 0 N–H and O–H groups in total. The van der Waals surface area contributed by atoms with Crippen LogP contribution in [0.4, 0.5) is 13.2 Å². The number of piperazine rings is 1. The van der Waals surface area contributed by atoms with E-state index in [9.17, 15) is 21.6 Å². The Morgan fingerprint density at radius 1 is 0.885 bits per heavy atom. The van der Waals surface area contributed by atoms with Crippen molar-refractivity contribution in [3.63, 3.8) is 0 Å². The number of hydrogen-bond acceptors (Lipinski definition) is 3. The van der Waals surface area contributed by atoms with E-state index in [1.165, 1.54) is 34.6 Å². The lowest BCUT2D eigenvalue weighted by molar-refractivity contribution is 0.189. The van der Waals surface area contributed by atoms with E-state index >= 15 is 0 Å². The van der Waals surface area contributed by atoms with Gasteiger partial charge >= 0.3 is 0 Å². The molecule has 8 heteroatoms. The fraction of sp³-hybridized carbons (Fsp3) is 0.333. The molecule has 0 bridgehead atoms. The molecule has 0 spiro atoms. The molecule has 0 amide bonds. The molecule has 4 nitrogen and oxygen atoms in total. The fourth-order valence-electron chi connectivity index (χ4n) is 2.97. The molecule has 0 radical (unpaired) electrons. The number of hydrogen-bond donors (Lipinski definition) is 0. The third-order valence-electron chi connectivity index (χ3n) is 4.48. The van der Waals surface area contributed by atoms with Crippen LogP contribution < -0.4 is 0 Å². The topological polar surface area (TPSA) is 40.6 Å². The molecule has 0 aliphatic carbocycles. The average molecular weight is 384 g/mol. The summed E-state index contributed by atoms with van der Waals surface area (Å²) in [7, 11) is -3.72. The number of benzene rings is 2. The van der Waals surface area contributed by atoms with Crippen LogP contribution in [0.15, 0.2) is 47.4 Å². The van der Waals surface area contributed by atoms with Gasteiger partial charge in [-0.15, -0.1) is 0 Å². The van der Waals surface area contributed by atoms with E-state index < -0.39 is 27.5 Å². The van der Waals surface area contributed by atoms with E-state index in [0.29, 0.717) is 31.6 Å². The Kier molecular flexibility index (Phi) is 5.64. The van der Waals surface area contributed by atoms with E-state index in [0.717, 1.165) is 12.1 Å². The zero-order chi connectivity index (χ0) is 18.7. The van der Waals surface area contributed by atoms with E-state index in [1.807, 2.05) is 4.90 Å². The molecule has 0 atom stereocenters. The molecule has 1 heterocycles. The first-order chi connectivity index (χ1) is 12.4. The molecule has 140 valence electrons. The van der Waals surface area contributed by atoms with Crippen molar-refractivity contribution < 1.29 is 21.6 Å². The second-order valence-corrected chi connectivity index (χ2v) is 8.13. The summed E-state index contributed by atoms with van der Waals surface area (Å²) >= 11 is 0. The molecule has 3 rings (SSSR count). The standard InChI is InChI=1S/C18H19F3N2O2S/c19-15-2-1-3-17(12-15)26(24,25)23-10-8-22(9-11-23)7-6-14-4-5-16(20)13-18(14)21/h1-5,12-13H,6-11H2. The van der Waals surface area contributed by atoms with Gasteiger partial charge in [0.2, 0.25) is 10.0 Å². The second-order valence-electron chi connectivity index (χ2n) is 6.19. The summed E-state index contributed by atoms with van der Waals surface area (Å²) in [6, 6.07) is 8.47. The van der Waals surface area contributed by atoms with Crippen LogP contribution in [0.1, 0.15) is 5.56 Å². The van der Waals surface area contributed by atoms with Gasteiger partial charge in [-0.3, -0.25) is 0 Å². The summed E-state index contributed by atoms with van der Waals surface area (Å²) in [6.07, 6.45) is 0.419. The van der Waals surface area contributed by atoms with Crippen LogP contribution >= 0.6 is 0 Å². The number of rotatable bonds is 5. The van der Waals surface area contributed by atoms with Gasteiger partial charge in [-0.2, -0.15) is 4.31 Å². The summed E-state index contributed by atoms with van der Waals surface area (Å²) in [6.45, 7) is 2.11. The molecule has 26 heavy (non-hydrogen) atoms. The number of nitrogens with zero attached hydrogens (tertiary/aromatic N) is 2. The van der Waals surface area contributed by atoms with Crippen molar-refractivity contribution in [1.29, 1.82) is 0 Å². The van der Waals surface area contributed by atoms with Crippen molar-refractivity contribution in [2.45, 2.75) is 11.3 Å². The largest absolute Gasteiger partial charge is 0.300 e. The van der Waals surface area contributed by atoms with E-state index in [-0.39, 0.29) is 18.0 Å². The predicted molar refractivity (Wildman–Crippen MR) is 91.7 cm³/mol. The Bertz CT molecular complexity index is 882. The Labute approximate surface area is 150 Å². The molecule has 1 aliphatic heterocycles. The van der Waals surface area contributed by atoms with E-state index in [2.05, 4.69) is 0 Å². The molecule has 1 fully saturated rings. The molecule has 0 saturated carbocycles. The highest BCUT2D eigenvalue weighted by molar-refractivity contribution is 7.89. The normalized spacial score (nSPS) is 16.7. The molecular weight excluding hydrogens is 365 g/mol. The number of sulfonamides is 1. The molecule has 0 aromatic heterocycles. The minimum absolute atomic E-state index is 0.0562. The number of halogens is 3. The first kappa shape index (κ1) is 18.9. The van der Waals surface area contributed by atoms with Gasteiger partial charge in [-0.1, -0.05) is 12.1 Å². The summed E-state index contributed by atoms with van der Waals surface area (Å²) < 4.78 is 66.3. The Hall–Kier alpha value is -1.90. The van der Waals surface area contributed by atoms with Crippen LogP contribution in [0.2, 0.25) is 0 Å². The van der Waals surface area contributed by atoms with Gasteiger partial charge in [0.05, 0.1) is 4.90 Å². The smallest absolute Gasteiger partial charge is 0.243 e. The Balaban J connectivity index is 1.57. The molecular formula is C18H19F3N2O2S. The lowest BCUT2D eigenvalue weighted by Crippen LogP contribution is -2.49. The maximum atomic E-state index is 13.7. The summed E-state index contributed by atoms with van der Waals surface area (Å²) in [4.78, 5) is 1.97. The van der Waals surface area contributed by atoms with E-state index in [4.69, 9.17) is 0 Å². The fourth-order valence-corrected chi connectivity index (χ4v) is 4.43. The van der Waals surface area contributed by atoms with Crippen molar-refractivity contribution in [3.8, 4) is 0 Å². The van der Waals surface area contributed by atoms with Gasteiger partial charge in [-0.05, 0) is 36.2 Å². The van der Waals surface area contributed by atoms with Crippen molar-refractivity contribution in [3.05, 3.63) is 65.5 Å². The van der Waals surface area contributed by atoms with Gasteiger partial charge < -0.3 is 4.90 Å². The highest BCUT2D eigenvalue weighted by Crippen LogP contribution is 2.19. The first-order valence-electron chi connectivity index (χ1n) is 8.28. The predicted octanol–water partition coefficient (Wildman–Crippen LogP) is 2.65. The average Bonchev–Trinajstić information content (AvgIpc) is 2.61. The molecule has 0 unspecified atom stereocenters. The van der Waals surface area contributed by atoms with Crippen molar-refractivity contribution >= 4 is 10.0 Å². The van der Waals surface area contributed by atoms with Crippen LogP contribution in [0, 0.1) is 17.5 Å². The maximum Gasteiger partial charge on any atom is 0.243 e. The summed E-state index contributed by atoms with van der Waals surface area (Å²) in [5.74, 6) is -1.77. The zero-order valence-corrected chi connectivity index (χ0v) is 14.9. The Morgan fingerprint density at radius 3 is 2.23 bits per heavy atom. The van der Waals surface area contributed by atoms with Crippen LogP contribution in [0.5, 0.6) is 0 Å². The van der Waals surface area contributed by atoms with Crippen molar-refractivity contribution in [2.75, 3.05) is 32.7 Å². The van der Waals surface area contributed by atoms with Gasteiger partial charge in [0, 0.05) is 38.8 Å².